The summed E-state index contributed by atoms with van der Waals surface area (Å²) in [5.74, 6) is -0.00852. The Labute approximate surface area is 71.8 Å². The van der Waals surface area contributed by atoms with E-state index in [9.17, 15) is 4.79 Å². The van der Waals surface area contributed by atoms with E-state index in [-0.39, 0.29) is 18.2 Å². The van der Waals surface area contributed by atoms with Crippen LogP contribution in [-0.4, -0.2) is 38.5 Å². The molecule has 0 radical (unpaired) electrons. The molecule has 4 heteroatoms. The molecule has 0 aliphatic carbocycles. The number of Topliss-reactive ketones (excluding diaryl/α,β-unsaturated/α-hetero) is 1. The number of carbonyl (C=O) groups is 1. The van der Waals surface area contributed by atoms with Crippen molar-refractivity contribution in [3.05, 3.63) is 0 Å². The molecule has 0 aromatic rings. The molecule has 2 unspecified atom stereocenters. The first-order valence-corrected chi connectivity index (χ1v) is 3.93. The van der Waals surface area contributed by atoms with Crippen LogP contribution < -0.4 is 0 Å². The van der Waals surface area contributed by atoms with Gasteiger partial charge in [-0.25, -0.2) is 0 Å². The topological polar surface area (TPSA) is 44.8 Å². The summed E-state index contributed by atoms with van der Waals surface area (Å²) in [5.41, 5.74) is 0. The Bertz CT molecular complexity index is 168. The minimum Gasteiger partial charge on any atom is -0.373 e. The van der Waals surface area contributed by atoms with Crippen molar-refractivity contribution in [2.45, 2.75) is 31.8 Å². The number of methoxy groups -OCH3 is 2. The van der Waals surface area contributed by atoms with Crippen LogP contribution in [0.5, 0.6) is 0 Å². The van der Waals surface area contributed by atoms with E-state index in [2.05, 4.69) is 0 Å². The molecule has 0 aromatic heterocycles. The molecule has 70 valence electrons. The molecule has 0 bridgehead atoms. The van der Waals surface area contributed by atoms with Crippen molar-refractivity contribution in [2.75, 3.05) is 14.2 Å². The summed E-state index contributed by atoms with van der Waals surface area (Å²) in [4.78, 5) is 11.3. The zero-order valence-corrected chi connectivity index (χ0v) is 7.57. The Kier molecular flexibility index (Phi) is 3.20. The van der Waals surface area contributed by atoms with E-state index < -0.39 is 6.10 Å². The lowest BCUT2D eigenvalue weighted by molar-refractivity contribution is -0.202. The minimum atomic E-state index is -0.423. The summed E-state index contributed by atoms with van der Waals surface area (Å²) in [6.07, 6.45) is -0.633. The average molecular weight is 174 g/mol. The van der Waals surface area contributed by atoms with Gasteiger partial charge in [-0.15, -0.1) is 0 Å². The van der Waals surface area contributed by atoms with Crippen LogP contribution in [0, 0.1) is 0 Å². The van der Waals surface area contributed by atoms with Gasteiger partial charge in [0.05, 0.1) is 0 Å². The highest BCUT2D eigenvalue weighted by Gasteiger charge is 2.34. The van der Waals surface area contributed by atoms with Gasteiger partial charge in [0.25, 0.3) is 0 Å². The third-order valence-electron chi connectivity index (χ3n) is 2.03. The largest absolute Gasteiger partial charge is 0.373 e. The van der Waals surface area contributed by atoms with Gasteiger partial charge in [-0.3, -0.25) is 4.79 Å². The predicted molar refractivity (Wildman–Crippen MR) is 41.8 cm³/mol. The fourth-order valence-electron chi connectivity index (χ4n) is 1.27. The van der Waals surface area contributed by atoms with Crippen molar-refractivity contribution in [1.82, 2.24) is 0 Å². The number of ether oxygens (including phenoxy) is 3. The van der Waals surface area contributed by atoms with Gasteiger partial charge in [-0.1, -0.05) is 0 Å². The average Bonchev–Trinajstić information content (AvgIpc) is 2.09. The number of rotatable bonds is 2. The highest BCUT2D eigenvalue weighted by Crippen LogP contribution is 2.18. The summed E-state index contributed by atoms with van der Waals surface area (Å²) >= 11 is 0. The second kappa shape index (κ2) is 3.98. The van der Waals surface area contributed by atoms with Crippen molar-refractivity contribution in [3.63, 3.8) is 0 Å². The van der Waals surface area contributed by atoms with Crippen LogP contribution >= 0.6 is 0 Å². The maximum absolute atomic E-state index is 11.3. The Balaban J connectivity index is 2.58. The SMILES string of the molecule is COC1CC(OC)C(=O)[C@H](C)O1. The maximum atomic E-state index is 11.3. The van der Waals surface area contributed by atoms with E-state index in [0.717, 1.165) is 0 Å². The Morgan fingerprint density at radius 3 is 2.58 bits per heavy atom. The molecule has 0 N–H and O–H groups in total. The lowest BCUT2D eigenvalue weighted by atomic mass is 10.0. The number of carbonyl (C=O) groups excluding carboxylic acids is 1. The fourth-order valence-corrected chi connectivity index (χ4v) is 1.27. The molecule has 1 aliphatic rings. The molecule has 1 fully saturated rings. The maximum Gasteiger partial charge on any atom is 0.190 e. The molecular formula is C8H14O4. The van der Waals surface area contributed by atoms with Crippen molar-refractivity contribution >= 4 is 5.78 Å². The zero-order chi connectivity index (χ0) is 9.14. The van der Waals surface area contributed by atoms with Crippen molar-refractivity contribution in [3.8, 4) is 0 Å². The smallest absolute Gasteiger partial charge is 0.190 e. The van der Waals surface area contributed by atoms with E-state index in [1.165, 1.54) is 7.11 Å². The van der Waals surface area contributed by atoms with Crippen molar-refractivity contribution < 1.29 is 19.0 Å². The molecule has 0 amide bonds. The van der Waals surface area contributed by atoms with Gasteiger partial charge in [0.15, 0.2) is 12.1 Å². The van der Waals surface area contributed by atoms with Crippen molar-refractivity contribution in [2.24, 2.45) is 0 Å². The first-order chi connectivity index (χ1) is 5.69. The third kappa shape index (κ3) is 1.83. The molecular weight excluding hydrogens is 160 g/mol. The lowest BCUT2D eigenvalue weighted by Crippen LogP contribution is -2.44. The number of hydrogen-bond acceptors (Lipinski definition) is 4. The third-order valence-corrected chi connectivity index (χ3v) is 2.03. The van der Waals surface area contributed by atoms with Crippen LogP contribution in [-0.2, 0) is 19.0 Å². The summed E-state index contributed by atoms with van der Waals surface area (Å²) in [6.45, 7) is 1.71. The molecule has 4 nitrogen and oxygen atoms in total. The quantitative estimate of drug-likeness (QED) is 0.606. The van der Waals surface area contributed by atoms with Gasteiger partial charge in [-0.2, -0.15) is 0 Å². The van der Waals surface area contributed by atoms with Crippen LogP contribution in [0.2, 0.25) is 0 Å². The normalized spacial score (nSPS) is 36.9. The van der Waals surface area contributed by atoms with Gasteiger partial charge in [-0.05, 0) is 6.92 Å². The van der Waals surface area contributed by atoms with Gasteiger partial charge in [0.2, 0.25) is 0 Å². The Morgan fingerprint density at radius 1 is 1.42 bits per heavy atom. The summed E-state index contributed by atoms with van der Waals surface area (Å²) in [6, 6.07) is 0. The molecule has 1 rings (SSSR count). The van der Waals surface area contributed by atoms with Crippen LogP contribution in [0.1, 0.15) is 13.3 Å². The highest BCUT2D eigenvalue weighted by molar-refractivity contribution is 5.87. The molecule has 0 saturated carbocycles. The second-order valence-corrected chi connectivity index (χ2v) is 2.81. The first kappa shape index (κ1) is 9.64. The summed E-state index contributed by atoms with van der Waals surface area (Å²) in [7, 11) is 3.08. The highest BCUT2D eigenvalue weighted by atomic mass is 16.7. The van der Waals surface area contributed by atoms with Crippen LogP contribution in [0.15, 0.2) is 0 Å². The molecule has 1 aliphatic heterocycles. The predicted octanol–water partition coefficient (Wildman–Crippen LogP) is 0.352. The number of ketones is 1. The van der Waals surface area contributed by atoms with E-state index in [1.54, 1.807) is 14.0 Å². The molecule has 12 heavy (non-hydrogen) atoms. The van der Waals surface area contributed by atoms with E-state index in [0.29, 0.717) is 6.42 Å². The minimum absolute atomic E-state index is 0.00852. The molecule has 0 aromatic carbocycles. The standard InChI is InChI=1S/C8H14O4/c1-5-8(9)6(10-2)4-7(11-3)12-5/h5-7H,4H2,1-3H3/t5-,6?,7?/m0/s1. The number of hydrogen-bond donors (Lipinski definition) is 0. The van der Waals surface area contributed by atoms with Gasteiger partial charge in [0, 0.05) is 20.6 Å². The lowest BCUT2D eigenvalue weighted by Gasteiger charge is -2.30. The Hall–Kier alpha value is -0.450. The van der Waals surface area contributed by atoms with Gasteiger partial charge < -0.3 is 14.2 Å². The summed E-state index contributed by atoms with van der Waals surface area (Å²) < 4.78 is 15.2. The molecule has 0 spiro atoms. The molecule has 1 saturated heterocycles. The first-order valence-electron chi connectivity index (χ1n) is 3.93. The van der Waals surface area contributed by atoms with Crippen LogP contribution in [0.4, 0.5) is 0 Å². The fraction of sp³-hybridized carbons (Fsp3) is 0.875. The van der Waals surface area contributed by atoms with Crippen LogP contribution in [0.3, 0.4) is 0 Å². The summed E-state index contributed by atoms with van der Waals surface area (Å²) in [5, 5.41) is 0. The monoisotopic (exact) mass is 174 g/mol. The molecule has 1 heterocycles. The molecule has 3 atom stereocenters. The van der Waals surface area contributed by atoms with E-state index in [4.69, 9.17) is 14.2 Å². The van der Waals surface area contributed by atoms with Crippen molar-refractivity contribution in [1.29, 1.82) is 0 Å². The van der Waals surface area contributed by atoms with E-state index in [1.807, 2.05) is 0 Å². The second-order valence-electron chi connectivity index (χ2n) is 2.81. The zero-order valence-electron chi connectivity index (χ0n) is 7.57. The van der Waals surface area contributed by atoms with Gasteiger partial charge >= 0.3 is 0 Å². The van der Waals surface area contributed by atoms with Crippen LogP contribution in [0.25, 0.3) is 0 Å². The van der Waals surface area contributed by atoms with E-state index >= 15 is 0 Å². The Morgan fingerprint density at radius 2 is 2.08 bits per heavy atom. The van der Waals surface area contributed by atoms with Gasteiger partial charge in [0.1, 0.15) is 12.2 Å².